The zero-order chi connectivity index (χ0) is 14.4. The lowest BCUT2D eigenvalue weighted by molar-refractivity contribution is -0.0179. The van der Waals surface area contributed by atoms with Crippen molar-refractivity contribution in [2.45, 2.75) is 25.0 Å². The predicted octanol–water partition coefficient (Wildman–Crippen LogP) is 3.81. The van der Waals surface area contributed by atoms with E-state index >= 15 is 0 Å². The summed E-state index contributed by atoms with van der Waals surface area (Å²) in [4.78, 5) is 0. The van der Waals surface area contributed by atoms with Gasteiger partial charge in [-0.25, -0.2) is 0 Å². The highest BCUT2D eigenvalue weighted by Crippen LogP contribution is 2.54. The number of benzene rings is 2. The molecule has 2 aromatic rings. The summed E-state index contributed by atoms with van der Waals surface area (Å²) in [7, 11) is 0. The highest BCUT2D eigenvalue weighted by Gasteiger charge is 2.50. The molecule has 2 aliphatic rings. The summed E-state index contributed by atoms with van der Waals surface area (Å²) >= 11 is 0. The Hall–Kier alpha value is -2.00. The van der Waals surface area contributed by atoms with E-state index in [1.54, 1.807) is 6.07 Å². The van der Waals surface area contributed by atoms with Crippen molar-refractivity contribution in [3.05, 3.63) is 59.7 Å². The highest BCUT2D eigenvalue weighted by atomic mass is 16.5. The molecule has 2 aliphatic heterocycles. The lowest BCUT2D eigenvalue weighted by atomic mass is 9.73. The first-order valence-corrected chi connectivity index (χ1v) is 7.48. The Labute approximate surface area is 124 Å². The minimum atomic E-state index is -0.283. The first-order valence-electron chi connectivity index (χ1n) is 7.48. The molecule has 1 saturated heterocycles. The number of para-hydroxylation sites is 2. The molecule has 2 N–H and O–H groups in total. The third-order valence-electron chi connectivity index (χ3n) is 4.99. The minimum Gasteiger partial charge on any atom is -0.508 e. The van der Waals surface area contributed by atoms with E-state index in [1.165, 1.54) is 5.56 Å². The second-order valence-corrected chi connectivity index (χ2v) is 6.08. The highest BCUT2D eigenvalue weighted by molar-refractivity contribution is 5.59. The van der Waals surface area contributed by atoms with Crippen LogP contribution in [0.25, 0.3) is 0 Å². The van der Waals surface area contributed by atoms with E-state index in [-0.39, 0.29) is 11.6 Å². The number of hydrogen-bond acceptors (Lipinski definition) is 3. The van der Waals surface area contributed by atoms with Crippen LogP contribution in [0, 0.1) is 5.92 Å². The van der Waals surface area contributed by atoms with Gasteiger partial charge < -0.3 is 15.2 Å². The van der Waals surface area contributed by atoms with E-state index in [0.717, 1.165) is 24.3 Å². The van der Waals surface area contributed by atoms with Gasteiger partial charge in [0.1, 0.15) is 5.75 Å². The maximum atomic E-state index is 10.2. The number of fused-ring (bicyclic) bond motifs is 3. The summed E-state index contributed by atoms with van der Waals surface area (Å²) in [5.41, 5.74) is 2.99. The average molecular weight is 281 g/mol. The van der Waals surface area contributed by atoms with Crippen LogP contribution in [0.2, 0.25) is 0 Å². The van der Waals surface area contributed by atoms with Gasteiger partial charge in [0.05, 0.1) is 11.6 Å². The van der Waals surface area contributed by atoms with Crippen LogP contribution in [-0.4, -0.2) is 11.7 Å². The molecule has 0 unspecified atom stereocenters. The van der Waals surface area contributed by atoms with E-state index in [9.17, 15) is 5.11 Å². The van der Waals surface area contributed by atoms with Crippen LogP contribution in [0.15, 0.2) is 48.5 Å². The van der Waals surface area contributed by atoms with E-state index in [0.29, 0.717) is 11.7 Å². The van der Waals surface area contributed by atoms with Gasteiger partial charge in [0.2, 0.25) is 0 Å². The average Bonchev–Trinajstić information content (AvgIpc) is 2.90. The number of nitrogens with one attached hydrogen (secondary N) is 1. The van der Waals surface area contributed by atoms with Crippen molar-refractivity contribution in [1.82, 2.24) is 0 Å². The molecule has 2 aromatic carbocycles. The van der Waals surface area contributed by atoms with E-state index in [2.05, 4.69) is 30.4 Å². The van der Waals surface area contributed by atoms with Crippen LogP contribution in [0.3, 0.4) is 0 Å². The van der Waals surface area contributed by atoms with Crippen LogP contribution in [-0.2, 0) is 10.3 Å². The predicted molar refractivity (Wildman–Crippen MR) is 82.3 cm³/mol. The molecule has 4 rings (SSSR count). The van der Waals surface area contributed by atoms with Gasteiger partial charge >= 0.3 is 0 Å². The largest absolute Gasteiger partial charge is 0.508 e. The molecule has 2 heterocycles. The Morgan fingerprint density at radius 1 is 1.14 bits per heavy atom. The molecule has 0 spiro atoms. The normalized spacial score (nSPS) is 30.3. The topological polar surface area (TPSA) is 41.5 Å². The number of anilines is 1. The SMILES string of the molecule is C[C@]12OCC[C@H]1[C@@H](c1ccccc1O)Nc1ccccc12. The summed E-state index contributed by atoms with van der Waals surface area (Å²) in [6.07, 6.45) is 0.997. The van der Waals surface area contributed by atoms with E-state index < -0.39 is 0 Å². The van der Waals surface area contributed by atoms with Crippen molar-refractivity contribution in [1.29, 1.82) is 0 Å². The van der Waals surface area contributed by atoms with Gasteiger partial charge in [0, 0.05) is 29.3 Å². The molecule has 3 heteroatoms. The number of rotatable bonds is 1. The Morgan fingerprint density at radius 3 is 2.76 bits per heavy atom. The summed E-state index contributed by atoms with van der Waals surface area (Å²) in [5.74, 6) is 0.671. The lowest BCUT2D eigenvalue weighted by Crippen LogP contribution is -2.40. The van der Waals surface area contributed by atoms with Crippen molar-refractivity contribution >= 4 is 5.69 Å². The monoisotopic (exact) mass is 281 g/mol. The Kier molecular flexibility index (Phi) is 2.73. The Bertz CT molecular complexity index is 684. The standard InChI is InChI=1S/C18H19NO2/c1-18-13-7-3-4-8-15(13)19-17(14(18)10-11-21-18)12-6-2-5-9-16(12)20/h2-9,14,17,19-20H,10-11H2,1H3/t14-,17+,18+/m0/s1. The number of phenols is 1. The second-order valence-electron chi connectivity index (χ2n) is 6.08. The number of hydrogen-bond donors (Lipinski definition) is 2. The third-order valence-corrected chi connectivity index (χ3v) is 4.99. The van der Waals surface area contributed by atoms with Crippen molar-refractivity contribution in [2.75, 3.05) is 11.9 Å². The van der Waals surface area contributed by atoms with Crippen molar-refractivity contribution in [2.24, 2.45) is 5.92 Å². The molecule has 108 valence electrons. The fourth-order valence-electron chi connectivity index (χ4n) is 3.90. The fraction of sp³-hybridized carbons (Fsp3) is 0.333. The van der Waals surface area contributed by atoms with Gasteiger partial charge in [-0.15, -0.1) is 0 Å². The van der Waals surface area contributed by atoms with Gasteiger partial charge in [-0.2, -0.15) is 0 Å². The summed E-state index contributed by atoms with van der Waals surface area (Å²) in [6.45, 7) is 2.94. The molecular weight excluding hydrogens is 262 g/mol. The van der Waals surface area contributed by atoms with Gasteiger partial charge in [0.25, 0.3) is 0 Å². The minimum absolute atomic E-state index is 0.0774. The maximum absolute atomic E-state index is 10.2. The van der Waals surface area contributed by atoms with Crippen molar-refractivity contribution in [3.8, 4) is 5.75 Å². The van der Waals surface area contributed by atoms with Gasteiger partial charge in [0.15, 0.2) is 0 Å². The molecule has 0 aliphatic carbocycles. The van der Waals surface area contributed by atoms with Gasteiger partial charge in [-0.3, -0.25) is 0 Å². The smallest absolute Gasteiger partial charge is 0.120 e. The summed E-state index contributed by atoms with van der Waals surface area (Å²) in [5, 5.41) is 13.8. The molecule has 3 atom stereocenters. The number of phenolic OH excluding ortho intramolecular Hbond substituents is 1. The molecular formula is C18H19NO2. The van der Waals surface area contributed by atoms with Crippen molar-refractivity contribution in [3.63, 3.8) is 0 Å². The van der Waals surface area contributed by atoms with Crippen LogP contribution < -0.4 is 5.32 Å². The van der Waals surface area contributed by atoms with Gasteiger partial charge in [-0.1, -0.05) is 36.4 Å². The van der Waals surface area contributed by atoms with E-state index in [1.807, 2.05) is 24.3 Å². The fourth-order valence-corrected chi connectivity index (χ4v) is 3.90. The third kappa shape index (κ3) is 1.77. The molecule has 3 nitrogen and oxygen atoms in total. The maximum Gasteiger partial charge on any atom is 0.120 e. The second kappa shape index (κ2) is 4.50. The molecule has 0 aromatic heterocycles. The van der Waals surface area contributed by atoms with Crippen LogP contribution in [0.1, 0.15) is 30.5 Å². The first-order chi connectivity index (χ1) is 10.2. The molecule has 1 fully saturated rings. The molecule has 21 heavy (non-hydrogen) atoms. The Balaban J connectivity index is 1.87. The van der Waals surface area contributed by atoms with Crippen molar-refractivity contribution < 1.29 is 9.84 Å². The quantitative estimate of drug-likeness (QED) is 0.835. The molecule has 0 amide bonds. The number of aromatic hydroxyl groups is 1. The van der Waals surface area contributed by atoms with Crippen LogP contribution in [0.4, 0.5) is 5.69 Å². The summed E-state index contributed by atoms with van der Waals surface area (Å²) in [6, 6.07) is 16.0. The molecule has 0 radical (unpaired) electrons. The molecule has 0 bridgehead atoms. The van der Waals surface area contributed by atoms with Crippen LogP contribution >= 0.6 is 0 Å². The van der Waals surface area contributed by atoms with Gasteiger partial charge in [-0.05, 0) is 25.5 Å². The molecule has 0 saturated carbocycles. The number of ether oxygens (including phenoxy) is 1. The first kappa shape index (κ1) is 12.7. The van der Waals surface area contributed by atoms with Crippen LogP contribution in [0.5, 0.6) is 5.75 Å². The Morgan fingerprint density at radius 2 is 1.90 bits per heavy atom. The zero-order valence-corrected chi connectivity index (χ0v) is 12.0. The zero-order valence-electron chi connectivity index (χ0n) is 12.0. The summed E-state index contributed by atoms with van der Waals surface area (Å²) < 4.78 is 6.14. The lowest BCUT2D eigenvalue weighted by Gasteiger charge is -2.43. The van der Waals surface area contributed by atoms with E-state index in [4.69, 9.17) is 4.74 Å².